The van der Waals surface area contributed by atoms with Crippen LogP contribution in [0.5, 0.6) is 0 Å². The first-order valence-corrected chi connectivity index (χ1v) is 14.8. The standard InChI is InChI=1S/C33H37FN6O4/c1-33(2,3)44-32(43)40-17-24-23(27-16-35-29-15-20(34)12-13-39(27)29)8-10-25(30(24)31(40)42)36-28-11-9-22(19-6-7-21(41)14-19)26(37-28)18-38(4)5/h8-13,15-16,19,21,41H,6-7,14,17-18H2,1-5H3,(H,36,37)/t19-,21+/m1/s1. The van der Waals surface area contributed by atoms with Gasteiger partial charge in [0.05, 0.1) is 41.5 Å². The maximum Gasteiger partial charge on any atom is 0.417 e. The normalized spacial score (nSPS) is 18.4. The largest absolute Gasteiger partial charge is 0.443 e. The van der Waals surface area contributed by atoms with Gasteiger partial charge >= 0.3 is 6.09 Å². The smallest absolute Gasteiger partial charge is 0.417 e. The molecule has 1 aromatic carbocycles. The average Bonchev–Trinajstić information content (AvgIpc) is 3.65. The van der Waals surface area contributed by atoms with Gasteiger partial charge in [-0.3, -0.25) is 9.20 Å². The van der Waals surface area contributed by atoms with E-state index in [4.69, 9.17) is 9.72 Å². The van der Waals surface area contributed by atoms with E-state index in [1.165, 1.54) is 12.1 Å². The molecular weight excluding hydrogens is 563 g/mol. The van der Waals surface area contributed by atoms with Gasteiger partial charge in [0.25, 0.3) is 5.91 Å². The van der Waals surface area contributed by atoms with E-state index in [1.54, 1.807) is 43.6 Å². The van der Waals surface area contributed by atoms with Crippen LogP contribution in [-0.4, -0.2) is 67.1 Å². The second-order valence-corrected chi connectivity index (χ2v) is 12.9. The topological polar surface area (TPSA) is 112 Å². The Morgan fingerprint density at radius 1 is 1.18 bits per heavy atom. The van der Waals surface area contributed by atoms with Crippen LogP contribution >= 0.6 is 0 Å². The Hall–Kier alpha value is -4.35. The van der Waals surface area contributed by atoms with Gasteiger partial charge in [-0.2, -0.15) is 0 Å². The predicted octanol–water partition coefficient (Wildman–Crippen LogP) is 5.86. The molecule has 0 radical (unpaired) electrons. The molecule has 6 rings (SSSR count). The summed E-state index contributed by atoms with van der Waals surface area (Å²) in [6, 6.07) is 10.3. The van der Waals surface area contributed by atoms with Crippen molar-refractivity contribution >= 4 is 29.2 Å². The fourth-order valence-electron chi connectivity index (χ4n) is 6.14. The first kappa shape index (κ1) is 29.7. The Morgan fingerprint density at radius 3 is 2.68 bits per heavy atom. The van der Waals surface area contributed by atoms with Crippen LogP contribution in [0.3, 0.4) is 0 Å². The molecule has 4 aromatic rings. The number of aliphatic hydroxyl groups excluding tert-OH is 1. The lowest BCUT2D eigenvalue weighted by molar-refractivity contribution is 0.0248. The van der Waals surface area contributed by atoms with E-state index in [-0.39, 0.29) is 18.6 Å². The maximum atomic E-state index is 13.9. The number of halogens is 1. The number of fused-ring (bicyclic) bond motifs is 2. The Bertz CT molecular complexity index is 1760. The zero-order chi connectivity index (χ0) is 31.3. The average molecular weight is 601 g/mol. The van der Waals surface area contributed by atoms with Crippen molar-refractivity contribution in [1.29, 1.82) is 0 Å². The van der Waals surface area contributed by atoms with Gasteiger partial charge in [-0.25, -0.2) is 24.1 Å². The molecular formula is C33H37FN6O4. The Labute approximate surface area is 255 Å². The predicted molar refractivity (Wildman–Crippen MR) is 164 cm³/mol. The minimum atomic E-state index is -0.786. The number of imide groups is 1. The number of carbonyl (C=O) groups is 2. The zero-order valence-electron chi connectivity index (χ0n) is 25.6. The molecule has 4 heterocycles. The molecule has 0 bridgehead atoms. The molecule has 0 unspecified atom stereocenters. The molecule has 11 heteroatoms. The van der Waals surface area contributed by atoms with Crippen molar-refractivity contribution in [3.63, 3.8) is 0 Å². The second kappa shape index (κ2) is 11.3. The number of hydrogen-bond acceptors (Lipinski definition) is 8. The number of imidazole rings is 1. The van der Waals surface area contributed by atoms with Gasteiger partial charge in [-0.15, -0.1) is 0 Å². The summed E-state index contributed by atoms with van der Waals surface area (Å²) in [6.45, 7) is 5.88. The van der Waals surface area contributed by atoms with Crippen LogP contribution in [0.2, 0.25) is 0 Å². The molecule has 44 heavy (non-hydrogen) atoms. The van der Waals surface area contributed by atoms with Crippen molar-refractivity contribution in [3.05, 3.63) is 77.0 Å². The third kappa shape index (κ3) is 5.77. The van der Waals surface area contributed by atoms with Gasteiger partial charge in [0, 0.05) is 24.4 Å². The highest BCUT2D eigenvalue weighted by molar-refractivity contribution is 6.11. The molecule has 1 aliphatic carbocycles. The van der Waals surface area contributed by atoms with Crippen LogP contribution in [0, 0.1) is 5.82 Å². The number of nitrogens with zero attached hydrogens (tertiary/aromatic N) is 5. The van der Waals surface area contributed by atoms with Gasteiger partial charge < -0.3 is 20.1 Å². The lowest BCUT2D eigenvalue weighted by atomic mass is 9.95. The van der Waals surface area contributed by atoms with E-state index in [0.29, 0.717) is 46.1 Å². The van der Waals surface area contributed by atoms with Gasteiger partial charge in [0.2, 0.25) is 0 Å². The zero-order valence-corrected chi connectivity index (χ0v) is 25.6. The number of amides is 2. The van der Waals surface area contributed by atoms with E-state index in [0.717, 1.165) is 35.4 Å². The number of ether oxygens (including phenoxy) is 1. The highest BCUT2D eigenvalue weighted by atomic mass is 19.1. The summed E-state index contributed by atoms with van der Waals surface area (Å²) in [7, 11) is 3.97. The van der Waals surface area contributed by atoms with Crippen LogP contribution in [0.15, 0.2) is 48.8 Å². The molecule has 2 aliphatic rings. The quantitative estimate of drug-likeness (QED) is 0.283. The third-order valence-corrected chi connectivity index (χ3v) is 8.04. The third-order valence-electron chi connectivity index (χ3n) is 8.04. The summed E-state index contributed by atoms with van der Waals surface area (Å²) in [6.07, 6.45) is 4.61. The van der Waals surface area contributed by atoms with Crippen LogP contribution in [0.25, 0.3) is 16.9 Å². The number of anilines is 2. The fraction of sp³-hybridized carbons (Fsp3) is 0.394. The molecule has 2 atom stereocenters. The van der Waals surface area contributed by atoms with Crippen molar-refractivity contribution in [2.75, 3.05) is 19.4 Å². The number of aromatic nitrogens is 3. The molecule has 2 amide bonds. The number of benzene rings is 1. The van der Waals surface area contributed by atoms with Crippen molar-refractivity contribution in [2.24, 2.45) is 0 Å². The maximum absolute atomic E-state index is 13.9. The number of rotatable bonds is 6. The molecule has 0 saturated heterocycles. The summed E-state index contributed by atoms with van der Waals surface area (Å²) >= 11 is 0. The summed E-state index contributed by atoms with van der Waals surface area (Å²) < 4.78 is 21.2. The highest BCUT2D eigenvalue weighted by Crippen LogP contribution is 2.40. The Balaban J connectivity index is 1.41. The number of aliphatic hydroxyl groups is 1. The van der Waals surface area contributed by atoms with E-state index in [9.17, 15) is 19.1 Å². The minimum absolute atomic E-state index is 0.00458. The molecule has 3 aromatic heterocycles. The van der Waals surface area contributed by atoms with Gasteiger partial charge in [-0.05, 0) is 89.4 Å². The summed E-state index contributed by atoms with van der Waals surface area (Å²) in [5.41, 5.74) is 4.50. The number of carbonyl (C=O) groups excluding carboxylic acids is 2. The fourth-order valence-corrected chi connectivity index (χ4v) is 6.14. The first-order chi connectivity index (χ1) is 20.9. The van der Waals surface area contributed by atoms with Crippen molar-refractivity contribution in [2.45, 2.75) is 70.7 Å². The monoisotopic (exact) mass is 600 g/mol. The molecule has 1 fully saturated rings. The van der Waals surface area contributed by atoms with Crippen LogP contribution < -0.4 is 5.32 Å². The summed E-state index contributed by atoms with van der Waals surface area (Å²) in [4.78, 5) is 39.5. The Morgan fingerprint density at radius 2 is 1.98 bits per heavy atom. The second-order valence-electron chi connectivity index (χ2n) is 12.9. The van der Waals surface area contributed by atoms with E-state index in [1.807, 2.05) is 26.2 Å². The number of nitrogens with one attached hydrogen (secondary N) is 1. The van der Waals surface area contributed by atoms with Crippen molar-refractivity contribution < 1.29 is 23.8 Å². The van der Waals surface area contributed by atoms with Crippen molar-refractivity contribution in [1.82, 2.24) is 24.2 Å². The van der Waals surface area contributed by atoms with E-state index < -0.39 is 23.4 Å². The Kier molecular flexibility index (Phi) is 7.63. The number of hydrogen-bond donors (Lipinski definition) is 2. The lowest BCUT2D eigenvalue weighted by Crippen LogP contribution is -2.37. The molecule has 2 N–H and O–H groups in total. The van der Waals surface area contributed by atoms with Crippen LogP contribution in [0.1, 0.15) is 73.1 Å². The molecule has 10 nitrogen and oxygen atoms in total. The molecule has 1 aliphatic heterocycles. The van der Waals surface area contributed by atoms with Gasteiger partial charge in [0.1, 0.15) is 22.9 Å². The van der Waals surface area contributed by atoms with Gasteiger partial charge in [-0.1, -0.05) is 12.1 Å². The molecule has 0 spiro atoms. The van der Waals surface area contributed by atoms with Crippen molar-refractivity contribution in [3.8, 4) is 11.3 Å². The molecule has 230 valence electrons. The lowest BCUT2D eigenvalue weighted by Gasteiger charge is -2.23. The summed E-state index contributed by atoms with van der Waals surface area (Å²) in [5, 5.41) is 13.5. The summed E-state index contributed by atoms with van der Waals surface area (Å²) in [5.74, 6) is -0.0775. The number of pyridine rings is 2. The van der Waals surface area contributed by atoms with E-state index >= 15 is 0 Å². The van der Waals surface area contributed by atoms with E-state index in [2.05, 4.69) is 21.3 Å². The van der Waals surface area contributed by atoms with Gasteiger partial charge in [0.15, 0.2) is 0 Å². The van der Waals surface area contributed by atoms with Crippen LogP contribution in [-0.2, 0) is 17.8 Å². The van der Waals surface area contributed by atoms with Crippen LogP contribution in [0.4, 0.5) is 20.7 Å². The highest BCUT2D eigenvalue weighted by Gasteiger charge is 2.39. The molecule has 1 saturated carbocycles. The minimum Gasteiger partial charge on any atom is -0.443 e. The SMILES string of the molecule is CN(C)Cc1nc(Nc2ccc(-c3cnc4cc(F)ccn34)c3c2C(=O)N(C(=O)OC(C)(C)C)C3)ccc1[C@@H]1CC[C@H](O)C1. The first-order valence-electron chi connectivity index (χ1n) is 14.8.